The predicted octanol–water partition coefficient (Wildman–Crippen LogP) is 3.60. The first kappa shape index (κ1) is 18.2. The lowest BCUT2D eigenvalue weighted by atomic mass is 10.2. The van der Waals surface area contributed by atoms with Crippen molar-refractivity contribution in [1.29, 1.82) is 0 Å². The fraction of sp³-hybridized carbons (Fsp3) is 0.235. The molecule has 2 aromatic carbocycles. The summed E-state index contributed by atoms with van der Waals surface area (Å²) in [6.07, 6.45) is 1.43. The van der Waals surface area contributed by atoms with Crippen molar-refractivity contribution in [1.82, 2.24) is 4.72 Å². The summed E-state index contributed by atoms with van der Waals surface area (Å²) >= 11 is 11.8. The van der Waals surface area contributed by atoms with E-state index < -0.39 is 10.0 Å². The molecule has 0 aromatic heterocycles. The summed E-state index contributed by atoms with van der Waals surface area (Å²) in [5.41, 5.74) is 1.60. The van der Waals surface area contributed by atoms with Crippen LogP contribution in [0.3, 0.4) is 0 Å². The van der Waals surface area contributed by atoms with E-state index in [2.05, 4.69) is 4.72 Å². The average molecular weight is 399 g/mol. The number of hydrogen-bond donors (Lipinski definition) is 1. The van der Waals surface area contributed by atoms with Crippen molar-refractivity contribution in [3.63, 3.8) is 0 Å². The second-order valence-corrected chi connectivity index (χ2v) is 8.29. The van der Waals surface area contributed by atoms with Gasteiger partial charge in [0, 0.05) is 30.2 Å². The van der Waals surface area contributed by atoms with Crippen molar-refractivity contribution in [3.8, 4) is 0 Å². The predicted molar refractivity (Wildman–Crippen MR) is 98.5 cm³/mol. The number of nitrogens with zero attached hydrogens (tertiary/aromatic N) is 1. The van der Waals surface area contributed by atoms with Gasteiger partial charge in [-0.05, 0) is 42.3 Å². The van der Waals surface area contributed by atoms with E-state index in [0.717, 1.165) is 24.2 Å². The summed E-state index contributed by atoms with van der Waals surface area (Å²) in [5, 5.41) is 0.407. The van der Waals surface area contributed by atoms with Crippen LogP contribution in [0.1, 0.15) is 18.4 Å². The van der Waals surface area contributed by atoms with Gasteiger partial charge in [0.05, 0.1) is 5.02 Å². The number of carbonyl (C=O) groups excluding carboxylic acids is 1. The van der Waals surface area contributed by atoms with Crippen LogP contribution in [-0.2, 0) is 21.4 Å². The zero-order chi connectivity index (χ0) is 18.0. The first-order chi connectivity index (χ1) is 11.9. The molecule has 0 bridgehead atoms. The smallest absolute Gasteiger partial charge is 0.242 e. The fourth-order valence-electron chi connectivity index (χ4n) is 2.65. The third-order valence-corrected chi connectivity index (χ3v) is 6.09. The number of carbonyl (C=O) groups is 1. The number of sulfonamides is 1. The maximum Gasteiger partial charge on any atom is 0.242 e. The van der Waals surface area contributed by atoms with Crippen LogP contribution in [0.2, 0.25) is 10.0 Å². The average Bonchev–Trinajstić information content (AvgIpc) is 3.02. The van der Waals surface area contributed by atoms with Crippen molar-refractivity contribution in [3.05, 3.63) is 58.1 Å². The first-order valence-electron chi connectivity index (χ1n) is 7.71. The second kappa shape index (κ2) is 7.33. The van der Waals surface area contributed by atoms with Crippen LogP contribution in [0.25, 0.3) is 0 Å². The quantitative estimate of drug-likeness (QED) is 0.836. The van der Waals surface area contributed by atoms with Gasteiger partial charge in [-0.3, -0.25) is 4.79 Å². The minimum Gasteiger partial charge on any atom is -0.312 e. The maximum atomic E-state index is 12.4. The number of halogens is 2. The molecule has 3 rings (SSSR count). The second-order valence-electron chi connectivity index (χ2n) is 5.71. The topological polar surface area (TPSA) is 66.5 Å². The molecule has 5 nitrogen and oxygen atoms in total. The molecule has 0 atom stereocenters. The molecular weight excluding hydrogens is 383 g/mol. The SMILES string of the molecule is O=C1CCCN1c1ccc(CNS(=O)(=O)c2cc(Cl)ccc2Cl)cc1. The zero-order valence-corrected chi connectivity index (χ0v) is 15.5. The van der Waals surface area contributed by atoms with E-state index >= 15 is 0 Å². The Morgan fingerprint density at radius 1 is 1.08 bits per heavy atom. The van der Waals surface area contributed by atoms with Gasteiger partial charge in [-0.1, -0.05) is 35.3 Å². The molecule has 1 fully saturated rings. The monoisotopic (exact) mass is 398 g/mol. The summed E-state index contributed by atoms with van der Waals surface area (Å²) in [6.45, 7) is 0.831. The van der Waals surface area contributed by atoms with Gasteiger partial charge < -0.3 is 4.90 Å². The van der Waals surface area contributed by atoms with E-state index in [9.17, 15) is 13.2 Å². The van der Waals surface area contributed by atoms with Gasteiger partial charge in [-0.15, -0.1) is 0 Å². The minimum absolute atomic E-state index is 0.0547. The van der Waals surface area contributed by atoms with Crippen LogP contribution < -0.4 is 9.62 Å². The molecule has 0 spiro atoms. The van der Waals surface area contributed by atoms with Gasteiger partial charge in [-0.25, -0.2) is 13.1 Å². The molecule has 8 heteroatoms. The van der Waals surface area contributed by atoms with Crippen LogP contribution in [0, 0.1) is 0 Å². The summed E-state index contributed by atoms with van der Waals surface area (Å²) < 4.78 is 27.3. The van der Waals surface area contributed by atoms with E-state index in [-0.39, 0.29) is 22.4 Å². The normalized spacial score (nSPS) is 15.0. The van der Waals surface area contributed by atoms with Gasteiger partial charge in [0.25, 0.3) is 0 Å². The van der Waals surface area contributed by atoms with Gasteiger partial charge in [0.1, 0.15) is 4.90 Å². The zero-order valence-electron chi connectivity index (χ0n) is 13.2. The lowest BCUT2D eigenvalue weighted by Crippen LogP contribution is -2.24. The molecule has 0 radical (unpaired) electrons. The van der Waals surface area contributed by atoms with E-state index in [1.54, 1.807) is 17.0 Å². The molecule has 0 saturated carbocycles. The molecule has 2 aromatic rings. The van der Waals surface area contributed by atoms with Gasteiger partial charge in [0.2, 0.25) is 15.9 Å². The minimum atomic E-state index is -3.78. The van der Waals surface area contributed by atoms with Crippen molar-refractivity contribution in [2.75, 3.05) is 11.4 Å². The number of rotatable bonds is 5. The molecule has 1 aliphatic heterocycles. The van der Waals surface area contributed by atoms with Gasteiger partial charge >= 0.3 is 0 Å². The molecule has 25 heavy (non-hydrogen) atoms. The molecule has 1 aliphatic rings. The summed E-state index contributed by atoms with van der Waals surface area (Å²) in [7, 11) is -3.78. The van der Waals surface area contributed by atoms with Crippen molar-refractivity contribution >= 4 is 44.8 Å². The lowest BCUT2D eigenvalue weighted by molar-refractivity contribution is -0.117. The highest BCUT2D eigenvalue weighted by atomic mass is 35.5. The largest absolute Gasteiger partial charge is 0.312 e. The Kier molecular flexibility index (Phi) is 5.34. The first-order valence-corrected chi connectivity index (χ1v) is 9.95. The number of amides is 1. The van der Waals surface area contributed by atoms with E-state index in [1.165, 1.54) is 18.2 Å². The Balaban J connectivity index is 1.70. The van der Waals surface area contributed by atoms with Crippen LogP contribution >= 0.6 is 23.2 Å². The Hall–Kier alpha value is -1.60. The fourth-order valence-corrected chi connectivity index (χ4v) is 4.43. The van der Waals surface area contributed by atoms with Crippen molar-refractivity contribution < 1.29 is 13.2 Å². The number of benzene rings is 2. The third-order valence-electron chi connectivity index (χ3n) is 3.97. The Morgan fingerprint density at radius 3 is 2.44 bits per heavy atom. The highest BCUT2D eigenvalue weighted by molar-refractivity contribution is 7.89. The van der Waals surface area contributed by atoms with E-state index in [0.29, 0.717) is 11.4 Å². The van der Waals surface area contributed by atoms with Crippen LogP contribution in [0.4, 0.5) is 5.69 Å². The van der Waals surface area contributed by atoms with Gasteiger partial charge in [-0.2, -0.15) is 0 Å². The summed E-state index contributed by atoms with van der Waals surface area (Å²) in [5.74, 6) is 0.115. The summed E-state index contributed by atoms with van der Waals surface area (Å²) in [6, 6.07) is 11.5. The van der Waals surface area contributed by atoms with Crippen LogP contribution in [0.15, 0.2) is 47.4 Å². The Morgan fingerprint density at radius 2 is 1.80 bits per heavy atom. The molecule has 0 unspecified atom stereocenters. The molecule has 1 heterocycles. The van der Waals surface area contributed by atoms with Crippen LogP contribution in [0.5, 0.6) is 0 Å². The highest BCUT2D eigenvalue weighted by Gasteiger charge is 2.22. The highest BCUT2D eigenvalue weighted by Crippen LogP contribution is 2.25. The summed E-state index contributed by atoms with van der Waals surface area (Å²) in [4.78, 5) is 13.4. The Bertz CT molecular complexity index is 899. The number of nitrogens with one attached hydrogen (secondary N) is 1. The van der Waals surface area contributed by atoms with E-state index in [4.69, 9.17) is 23.2 Å². The molecular formula is C17H16Cl2N2O3S. The van der Waals surface area contributed by atoms with Gasteiger partial charge in [0.15, 0.2) is 0 Å². The van der Waals surface area contributed by atoms with Crippen LogP contribution in [-0.4, -0.2) is 20.9 Å². The molecule has 132 valence electrons. The molecule has 0 aliphatic carbocycles. The molecule has 1 saturated heterocycles. The number of anilines is 1. The Labute approximate surface area is 156 Å². The molecule has 1 amide bonds. The standard InChI is InChI=1S/C17H16Cl2N2O3S/c18-13-5-8-15(19)16(10-13)25(23,24)20-11-12-3-6-14(7-4-12)21-9-1-2-17(21)22/h3-8,10,20H,1-2,9,11H2. The van der Waals surface area contributed by atoms with Crippen molar-refractivity contribution in [2.45, 2.75) is 24.3 Å². The number of hydrogen-bond acceptors (Lipinski definition) is 3. The lowest BCUT2D eigenvalue weighted by Gasteiger charge is -2.16. The van der Waals surface area contributed by atoms with E-state index in [1.807, 2.05) is 12.1 Å². The van der Waals surface area contributed by atoms with Crippen molar-refractivity contribution in [2.24, 2.45) is 0 Å². The third kappa shape index (κ3) is 4.15. The molecule has 1 N–H and O–H groups in total. The maximum absolute atomic E-state index is 12.4.